The molecule has 0 spiro atoms. The fourth-order valence-corrected chi connectivity index (χ4v) is 1.51. The van der Waals surface area contributed by atoms with Gasteiger partial charge in [0.25, 0.3) is 0 Å². The van der Waals surface area contributed by atoms with E-state index in [0.717, 1.165) is 30.6 Å². The van der Waals surface area contributed by atoms with Crippen LogP contribution in [-0.4, -0.2) is 40.8 Å². The Morgan fingerprint density at radius 1 is 1.43 bits per heavy atom. The predicted molar refractivity (Wildman–Crippen MR) is 56.5 cm³/mol. The molecular formula is C9H15N5. The average molecular weight is 193 g/mol. The Morgan fingerprint density at radius 3 is 2.71 bits per heavy atom. The molecular weight excluding hydrogens is 178 g/mol. The smallest absolute Gasteiger partial charge is 0.199 e. The first-order chi connectivity index (χ1) is 6.66. The van der Waals surface area contributed by atoms with Crippen molar-refractivity contribution in [3.05, 3.63) is 11.8 Å². The van der Waals surface area contributed by atoms with Gasteiger partial charge in [-0.2, -0.15) is 5.10 Å². The van der Waals surface area contributed by atoms with Crippen LogP contribution >= 0.6 is 0 Å². The van der Waals surface area contributed by atoms with Gasteiger partial charge in [-0.15, -0.1) is 0 Å². The standard InChI is InChI=1S/C9H15N5/c1-7-6-8(14(3)12-7)11-9-10-4-5-13(9)2/h6H,4-5H2,1-3H3,(H,10,11). The van der Waals surface area contributed by atoms with Crippen LogP contribution in [0.3, 0.4) is 0 Å². The first kappa shape index (κ1) is 9.05. The van der Waals surface area contributed by atoms with E-state index in [4.69, 9.17) is 0 Å². The molecule has 0 amide bonds. The van der Waals surface area contributed by atoms with Crippen LogP contribution in [0.5, 0.6) is 0 Å². The van der Waals surface area contributed by atoms with E-state index in [0.29, 0.717) is 0 Å². The van der Waals surface area contributed by atoms with Crippen LogP contribution in [0.15, 0.2) is 11.1 Å². The Morgan fingerprint density at radius 2 is 2.21 bits per heavy atom. The van der Waals surface area contributed by atoms with E-state index >= 15 is 0 Å². The highest BCUT2D eigenvalue weighted by molar-refractivity contribution is 5.93. The van der Waals surface area contributed by atoms with Crippen molar-refractivity contribution >= 4 is 11.8 Å². The molecule has 5 heteroatoms. The van der Waals surface area contributed by atoms with E-state index in [1.165, 1.54) is 0 Å². The van der Waals surface area contributed by atoms with Gasteiger partial charge in [0.2, 0.25) is 0 Å². The highest BCUT2D eigenvalue weighted by atomic mass is 15.4. The zero-order valence-electron chi connectivity index (χ0n) is 8.78. The van der Waals surface area contributed by atoms with E-state index in [9.17, 15) is 0 Å². The molecule has 1 aliphatic rings. The number of nitrogens with zero attached hydrogens (tertiary/aromatic N) is 4. The zero-order valence-corrected chi connectivity index (χ0v) is 8.78. The SMILES string of the molecule is Cc1cc(NC2=NCCN2C)n(C)n1. The second-order valence-corrected chi connectivity index (χ2v) is 3.55. The lowest BCUT2D eigenvalue weighted by atomic mass is 10.5. The minimum absolute atomic E-state index is 0.871. The Hall–Kier alpha value is -1.52. The van der Waals surface area contributed by atoms with Crippen molar-refractivity contribution in [3.63, 3.8) is 0 Å². The number of aliphatic imine (C=N–C) groups is 1. The van der Waals surface area contributed by atoms with E-state index in [-0.39, 0.29) is 0 Å². The molecule has 1 aromatic rings. The molecule has 14 heavy (non-hydrogen) atoms. The summed E-state index contributed by atoms with van der Waals surface area (Å²) in [6.07, 6.45) is 0. The van der Waals surface area contributed by atoms with Gasteiger partial charge >= 0.3 is 0 Å². The summed E-state index contributed by atoms with van der Waals surface area (Å²) in [5, 5.41) is 7.51. The quantitative estimate of drug-likeness (QED) is 0.704. The van der Waals surface area contributed by atoms with Gasteiger partial charge in [-0.25, -0.2) is 0 Å². The number of hydrogen-bond donors (Lipinski definition) is 1. The van der Waals surface area contributed by atoms with Crippen molar-refractivity contribution in [2.75, 3.05) is 25.5 Å². The van der Waals surface area contributed by atoms with Crippen LogP contribution in [0.25, 0.3) is 0 Å². The second kappa shape index (κ2) is 3.32. The summed E-state index contributed by atoms with van der Waals surface area (Å²) in [5.74, 6) is 1.91. The Balaban J connectivity index is 2.14. The van der Waals surface area contributed by atoms with E-state index in [1.54, 1.807) is 0 Å². The largest absolute Gasteiger partial charge is 0.344 e. The van der Waals surface area contributed by atoms with Gasteiger partial charge in [-0.1, -0.05) is 0 Å². The van der Waals surface area contributed by atoms with Crippen molar-refractivity contribution in [1.29, 1.82) is 0 Å². The molecule has 0 aliphatic carbocycles. The lowest BCUT2D eigenvalue weighted by molar-refractivity contribution is 0.554. The average Bonchev–Trinajstić information content (AvgIpc) is 2.62. The normalized spacial score (nSPS) is 15.9. The van der Waals surface area contributed by atoms with Crippen molar-refractivity contribution in [2.24, 2.45) is 12.0 Å². The fourth-order valence-electron chi connectivity index (χ4n) is 1.51. The minimum atomic E-state index is 0.871. The van der Waals surface area contributed by atoms with Crippen LogP contribution in [0, 0.1) is 6.92 Å². The first-order valence-corrected chi connectivity index (χ1v) is 4.70. The summed E-state index contributed by atoms with van der Waals surface area (Å²) in [4.78, 5) is 6.45. The minimum Gasteiger partial charge on any atom is -0.344 e. The summed E-state index contributed by atoms with van der Waals surface area (Å²) >= 11 is 0. The number of aryl methyl sites for hydroxylation is 2. The maximum Gasteiger partial charge on any atom is 0.199 e. The molecule has 1 N–H and O–H groups in total. The number of nitrogens with one attached hydrogen (secondary N) is 1. The molecule has 0 radical (unpaired) electrons. The van der Waals surface area contributed by atoms with Gasteiger partial charge in [0, 0.05) is 26.7 Å². The van der Waals surface area contributed by atoms with Crippen molar-refractivity contribution in [3.8, 4) is 0 Å². The molecule has 0 unspecified atom stereocenters. The maximum atomic E-state index is 4.35. The van der Waals surface area contributed by atoms with Crippen LogP contribution in [0.1, 0.15) is 5.69 Å². The molecule has 1 aliphatic heterocycles. The molecule has 5 nitrogen and oxygen atoms in total. The van der Waals surface area contributed by atoms with Crippen LogP contribution in [0.2, 0.25) is 0 Å². The third-order valence-corrected chi connectivity index (χ3v) is 2.30. The molecule has 0 saturated carbocycles. The maximum absolute atomic E-state index is 4.35. The highest BCUT2D eigenvalue weighted by Crippen LogP contribution is 2.10. The third-order valence-electron chi connectivity index (χ3n) is 2.30. The van der Waals surface area contributed by atoms with Crippen molar-refractivity contribution < 1.29 is 0 Å². The van der Waals surface area contributed by atoms with Crippen molar-refractivity contribution in [2.45, 2.75) is 6.92 Å². The van der Waals surface area contributed by atoms with Crippen molar-refractivity contribution in [1.82, 2.24) is 14.7 Å². The lowest BCUT2D eigenvalue weighted by Gasteiger charge is -2.14. The summed E-state index contributed by atoms with van der Waals surface area (Å²) < 4.78 is 1.82. The van der Waals surface area contributed by atoms with E-state index in [2.05, 4.69) is 20.3 Å². The molecule has 2 rings (SSSR count). The van der Waals surface area contributed by atoms with Gasteiger partial charge in [-0.05, 0) is 6.92 Å². The Bertz CT molecular complexity index is 365. The molecule has 0 fully saturated rings. The molecule has 0 saturated heterocycles. The van der Waals surface area contributed by atoms with Gasteiger partial charge in [0.05, 0.1) is 12.2 Å². The van der Waals surface area contributed by atoms with Gasteiger partial charge < -0.3 is 10.2 Å². The van der Waals surface area contributed by atoms with Crippen LogP contribution in [0.4, 0.5) is 5.82 Å². The zero-order chi connectivity index (χ0) is 10.1. The number of hydrogen-bond acceptors (Lipinski definition) is 4. The van der Waals surface area contributed by atoms with Gasteiger partial charge in [0.15, 0.2) is 5.96 Å². The molecule has 2 heterocycles. The summed E-state index contributed by atoms with van der Waals surface area (Å²) in [6.45, 7) is 3.83. The van der Waals surface area contributed by atoms with E-state index in [1.807, 2.05) is 31.8 Å². The van der Waals surface area contributed by atoms with Crippen LogP contribution in [-0.2, 0) is 7.05 Å². The summed E-state index contributed by atoms with van der Waals surface area (Å²) in [6, 6.07) is 2.01. The van der Waals surface area contributed by atoms with E-state index < -0.39 is 0 Å². The summed E-state index contributed by atoms with van der Waals surface area (Å²) in [5.41, 5.74) is 1.01. The number of rotatable bonds is 1. The number of aromatic nitrogens is 2. The summed E-state index contributed by atoms with van der Waals surface area (Å²) in [7, 11) is 3.95. The molecule has 0 aromatic carbocycles. The molecule has 0 bridgehead atoms. The lowest BCUT2D eigenvalue weighted by Crippen LogP contribution is -2.29. The number of likely N-dealkylation sites (N-methyl/N-ethyl adjacent to an activating group) is 1. The molecule has 1 aromatic heterocycles. The second-order valence-electron chi connectivity index (χ2n) is 3.55. The Kier molecular flexibility index (Phi) is 2.15. The van der Waals surface area contributed by atoms with Gasteiger partial charge in [-0.3, -0.25) is 9.67 Å². The highest BCUT2D eigenvalue weighted by Gasteiger charge is 2.13. The molecule has 76 valence electrons. The molecule has 0 atom stereocenters. The topological polar surface area (TPSA) is 45.5 Å². The monoisotopic (exact) mass is 193 g/mol. The predicted octanol–water partition coefficient (Wildman–Crippen LogP) is 0.442. The van der Waals surface area contributed by atoms with Gasteiger partial charge in [0.1, 0.15) is 5.82 Å². The van der Waals surface area contributed by atoms with Crippen LogP contribution < -0.4 is 5.32 Å². The first-order valence-electron chi connectivity index (χ1n) is 4.70. The third kappa shape index (κ3) is 1.57. The fraction of sp³-hybridized carbons (Fsp3) is 0.556. The Labute approximate surface area is 83.4 Å². The number of guanidine groups is 1. The number of anilines is 1.